The van der Waals surface area contributed by atoms with Crippen LogP contribution < -0.4 is 10.1 Å². The van der Waals surface area contributed by atoms with Crippen molar-refractivity contribution >= 4 is 36.0 Å². The molecule has 7 nitrogen and oxygen atoms in total. The fourth-order valence-corrected chi connectivity index (χ4v) is 3.11. The summed E-state index contributed by atoms with van der Waals surface area (Å²) in [5.41, 5.74) is -0.491. The number of fused-ring (bicyclic) bond motifs is 1. The van der Waals surface area contributed by atoms with E-state index in [1.807, 2.05) is 20.8 Å². The molecule has 2 aliphatic rings. The minimum absolute atomic E-state index is 0. The van der Waals surface area contributed by atoms with Crippen molar-refractivity contribution in [1.29, 1.82) is 0 Å². The number of hydrogen-bond donors (Lipinski definition) is 1. The number of halogens is 2. The minimum Gasteiger partial charge on any atom is -0.492 e. The van der Waals surface area contributed by atoms with Crippen LogP contribution in [-0.4, -0.2) is 72.8 Å². The average molecular weight is 506 g/mol. The second kappa shape index (κ2) is 9.62. The molecule has 1 fully saturated rings. The van der Waals surface area contributed by atoms with Crippen molar-refractivity contribution in [1.82, 2.24) is 15.1 Å². The van der Waals surface area contributed by atoms with Crippen LogP contribution in [0, 0.1) is 5.82 Å². The van der Waals surface area contributed by atoms with E-state index in [1.54, 1.807) is 17.0 Å². The molecule has 1 amide bonds. The Labute approximate surface area is 182 Å². The summed E-state index contributed by atoms with van der Waals surface area (Å²) in [6.07, 6.45) is -0.271. The van der Waals surface area contributed by atoms with Crippen molar-refractivity contribution in [3.63, 3.8) is 0 Å². The molecule has 0 aliphatic carbocycles. The number of ether oxygens (including phenoxy) is 2. The molecule has 3 rings (SSSR count). The number of aliphatic imine (C=N–C) groups is 1. The van der Waals surface area contributed by atoms with Crippen molar-refractivity contribution in [2.75, 3.05) is 39.3 Å². The van der Waals surface area contributed by atoms with Gasteiger partial charge in [0.15, 0.2) is 5.96 Å². The largest absolute Gasteiger partial charge is 0.492 e. The van der Waals surface area contributed by atoms with Gasteiger partial charge in [-0.15, -0.1) is 24.0 Å². The van der Waals surface area contributed by atoms with E-state index in [4.69, 9.17) is 9.47 Å². The van der Waals surface area contributed by atoms with Gasteiger partial charge >= 0.3 is 6.09 Å². The quantitative estimate of drug-likeness (QED) is 0.503. The highest BCUT2D eigenvalue weighted by Gasteiger charge is 2.36. The Bertz CT molecular complexity index is 711. The number of amides is 1. The van der Waals surface area contributed by atoms with Crippen molar-refractivity contribution in [2.24, 2.45) is 4.99 Å². The molecule has 0 bridgehead atoms. The third-order valence-electron chi connectivity index (χ3n) is 4.31. The molecule has 1 unspecified atom stereocenters. The average Bonchev–Trinajstić information content (AvgIpc) is 2.99. The van der Waals surface area contributed by atoms with Crippen LogP contribution in [-0.2, 0) is 4.74 Å². The summed E-state index contributed by atoms with van der Waals surface area (Å²) in [5.74, 6) is 1.02. The van der Waals surface area contributed by atoms with Crippen molar-refractivity contribution < 1.29 is 18.7 Å². The molecule has 2 heterocycles. The zero-order valence-electron chi connectivity index (χ0n) is 16.5. The molecule has 0 radical (unpaired) electrons. The van der Waals surface area contributed by atoms with Crippen LogP contribution in [0.2, 0.25) is 0 Å². The highest BCUT2D eigenvalue weighted by molar-refractivity contribution is 14.0. The first-order valence-corrected chi connectivity index (χ1v) is 9.23. The SMILES string of the molecule is CC(C)(C)OC(=O)N1CCN2C(NCCOc3cccc(F)c3)=NCC2C1.I. The number of carbonyl (C=O) groups excluding carboxylic acids is 1. The molecule has 156 valence electrons. The third-order valence-corrected chi connectivity index (χ3v) is 4.31. The van der Waals surface area contributed by atoms with Crippen molar-refractivity contribution in [2.45, 2.75) is 32.4 Å². The molecule has 1 N–H and O–H groups in total. The summed E-state index contributed by atoms with van der Waals surface area (Å²) < 4.78 is 24.1. The lowest BCUT2D eigenvalue weighted by Crippen LogP contribution is -2.57. The summed E-state index contributed by atoms with van der Waals surface area (Å²) in [7, 11) is 0. The first kappa shape index (κ1) is 22.5. The third kappa shape index (κ3) is 6.11. The molecule has 1 aromatic carbocycles. The maximum Gasteiger partial charge on any atom is 0.410 e. The molecule has 28 heavy (non-hydrogen) atoms. The van der Waals surface area contributed by atoms with Gasteiger partial charge in [-0.05, 0) is 32.9 Å². The van der Waals surface area contributed by atoms with Crippen molar-refractivity contribution in [3.8, 4) is 5.75 Å². The fourth-order valence-electron chi connectivity index (χ4n) is 3.11. The van der Waals surface area contributed by atoms with Gasteiger partial charge in [0.2, 0.25) is 0 Å². The monoisotopic (exact) mass is 506 g/mol. The normalized spacial score (nSPS) is 18.7. The van der Waals surface area contributed by atoms with E-state index < -0.39 is 5.60 Å². The zero-order chi connectivity index (χ0) is 19.4. The number of benzene rings is 1. The summed E-state index contributed by atoms with van der Waals surface area (Å²) in [5, 5.41) is 3.27. The second-order valence-electron chi connectivity index (χ2n) is 7.67. The van der Waals surface area contributed by atoms with E-state index in [2.05, 4.69) is 15.2 Å². The number of hydrogen-bond acceptors (Lipinski definition) is 6. The molecule has 0 saturated carbocycles. The number of nitrogens with one attached hydrogen (secondary N) is 1. The van der Waals surface area contributed by atoms with Gasteiger partial charge in [0, 0.05) is 25.7 Å². The minimum atomic E-state index is -0.491. The van der Waals surface area contributed by atoms with Gasteiger partial charge in [-0.1, -0.05) is 6.07 Å². The van der Waals surface area contributed by atoms with E-state index >= 15 is 0 Å². The first-order valence-electron chi connectivity index (χ1n) is 9.23. The molecule has 1 aromatic rings. The lowest BCUT2D eigenvalue weighted by molar-refractivity contribution is 0.0137. The Hall–Kier alpha value is -1.78. The van der Waals surface area contributed by atoms with E-state index in [0.29, 0.717) is 45.1 Å². The van der Waals surface area contributed by atoms with E-state index in [1.165, 1.54) is 12.1 Å². The molecular weight excluding hydrogens is 478 g/mol. The first-order chi connectivity index (χ1) is 12.8. The molecular formula is C19H28FIN4O3. The molecule has 9 heteroatoms. The summed E-state index contributed by atoms with van der Waals surface area (Å²) in [6, 6.07) is 6.25. The Kier molecular flexibility index (Phi) is 7.73. The highest BCUT2D eigenvalue weighted by atomic mass is 127. The standard InChI is InChI=1S/C19H27FN4O3.HI/c1-19(2,3)27-18(25)23-8-9-24-15(13-23)12-22-17(24)21-7-10-26-16-6-4-5-14(20)11-16;/h4-6,11,15H,7-10,12-13H2,1-3H3,(H,21,22);1H. The van der Waals surface area contributed by atoms with Gasteiger partial charge in [-0.2, -0.15) is 0 Å². The molecule has 2 aliphatic heterocycles. The fraction of sp³-hybridized carbons (Fsp3) is 0.579. The summed E-state index contributed by atoms with van der Waals surface area (Å²) >= 11 is 0. The van der Waals surface area contributed by atoms with Crippen LogP contribution in [0.1, 0.15) is 20.8 Å². The summed E-state index contributed by atoms with van der Waals surface area (Å²) in [6.45, 7) is 9.14. The predicted octanol–water partition coefficient (Wildman–Crippen LogP) is 2.70. The highest BCUT2D eigenvalue weighted by Crippen LogP contribution is 2.18. The molecule has 0 spiro atoms. The second-order valence-corrected chi connectivity index (χ2v) is 7.67. The predicted molar refractivity (Wildman–Crippen MR) is 116 cm³/mol. The summed E-state index contributed by atoms with van der Waals surface area (Å²) in [4.78, 5) is 20.7. The molecule has 1 saturated heterocycles. The van der Waals surface area contributed by atoms with Gasteiger partial charge in [-0.25, -0.2) is 9.18 Å². The van der Waals surface area contributed by atoms with Crippen LogP contribution in [0.15, 0.2) is 29.3 Å². The van der Waals surface area contributed by atoms with E-state index in [0.717, 1.165) is 5.96 Å². The lowest BCUT2D eigenvalue weighted by Gasteiger charge is -2.39. The van der Waals surface area contributed by atoms with E-state index in [-0.39, 0.29) is 41.9 Å². The van der Waals surface area contributed by atoms with Gasteiger partial charge in [0.25, 0.3) is 0 Å². The van der Waals surface area contributed by atoms with Crippen LogP contribution in [0.3, 0.4) is 0 Å². The van der Waals surface area contributed by atoms with Gasteiger partial charge in [-0.3, -0.25) is 4.99 Å². The van der Waals surface area contributed by atoms with Crippen LogP contribution in [0.5, 0.6) is 5.75 Å². The smallest absolute Gasteiger partial charge is 0.410 e. The molecule has 0 aromatic heterocycles. The maximum absolute atomic E-state index is 13.1. The topological polar surface area (TPSA) is 66.4 Å². The maximum atomic E-state index is 13.1. The number of piperazine rings is 1. The van der Waals surface area contributed by atoms with Crippen LogP contribution in [0.4, 0.5) is 9.18 Å². The van der Waals surface area contributed by atoms with Gasteiger partial charge in [0.05, 0.1) is 19.1 Å². The Morgan fingerprint density at radius 3 is 2.86 bits per heavy atom. The number of nitrogens with zero attached hydrogens (tertiary/aromatic N) is 3. The zero-order valence-corrected chi connectivity index (χ0v) is 18.8. The van der Waals surface area contributed by atoms with Crippen molar-refractivity contribution in [3.05, 3.63) is 30.1 Å². The number of carbonyl (C=O) groups is 1. The van der Waals surface area contributed by atoms with Crippen LogP contribution in [0.25, 0.3) is 0 Å². The Balaban J connectivity index is 0.00000280. The Morgan fingerprint density at radius 2 is 2.14 bits per heavy atom. The number of rotatable bonds is 4. The molecule has 1 atom stereocenters. The Morgan fingerprint density at radius 1 is 1.36 bits per heavy atom. The van der Waals surface area contributed by atoms with E-state index in [9.17, 15) is 9.18 Å². The van der Waals surface area contributed by atoms with Crippen LogP contribution >= 0.6 is 24.0 Å². The number of guanidine groups is 1. The lowest BCUT2D eigenvalue weighted by atomic mass is 10.2. The van der Waals surface area contributed by atoms with Gasteiger partial charge in [0.1, 0.15) is 23.8 Å². The van der Waals surface area contributed by atoms with Gasteiger partial charge < -0.3 is 24.6 Å².